The number of hydrogen-bond donors (Lipinski definition) is 1. The van der Waals surface area contributed by atoms with Crippen molar-refractivity contribution < 1.29 is 0 Å². The molecule has 1 aromatic heterocycles. The lowest BCUT2D eigenvalue weighted by Crippen LogP contribution is -2.28. The number of pyridine rings is 1. The van der Waals surface area contributed by atoms with E-state index in [9.17, 15) is 0 Å². The summed E-state index contributed by atoms with van der Waals surface area (Å²) in [5.41, 5.74) is 1.14. The maximum atomic E-state index is 4.34. The van der Waals surface area contributed by atoms with Gasteiger partial charge >= 0.3 is 0 Å². The predicted molar refractivity (Wildman–Crippen MR) is 71.7 cm³/mol. The lowest BCUT2D eigenvalue weighted by Gasteiger charge is -2.25. The summed E-state index contributed by atoms with van der Waals surface area (Å²) in [6, 6.07) is 6.71. The molecule has 0 aromatic carbocycles. The zero-order valence-electron chi connectivity index (χ0n) is 10.9. The third-order valence-electron chi connectivity index (χ3n) is 3.77. The number of aromatic nitrogens is 1. The van der Waals surface area contributed by atoms with Gasteiger partial charge in [0.2, 0.25) is 0 Å². The molecule has 17 heavy (non-hydrogen) atoms. The van der Waals surface area contributed by atoms with E-state index >= 15 is 0 Å². The van der Waals surface area contributed by atoms with Crippen LogP contribution in [0.5, 0.6) is 0 Å². The molecule has 1 aliphatic rings. The summed E-state index contributed by atoms with van der Waals surface area (Å²) in [6.45, 7) is 3.20. The van der Waals surface area contributed by atoms with Gasteiger partial charge in [-0.3, -0.25) is 4.98 Å². The van der Waals surface area contributed by atoms with E-state index in [4.69, 9.17) is 0 Å². The second-order valence-electron chi connectivity index (χ2n) is 5.34. The van der Waals surface area contributed by atoms with Crippen molar-refractivity contribution >= 4 is 0 Å². The quantitative estimate of drug-likeness (QED) is 0.840. The van der Waals surface area contributed by atoms with Gasteiger partial charge < -0.3 is 5.32 Å². The number of nitrogens with zero attached hydrogens (tertiary/aromatic N) is 1. The maximum absolute atomic E-state index is 4.34. The third-order valence-corrected chi connectivity index (χ3v) is 3.77. The molecule has 1 N–H and O–H groups in total. The van der Waals surface area contributed by atoms with Crippen LogP contribution < -0.4 is 5.32 Å². The second kappa shape index (κ2) is 6.75. The van der Waals surface area contributed by atoms with Crippen LogP contribution in [0.15, 0.2) is 24.4 Å². The summed E-state index contributed by atoms with van der Waals surface area (Å²) >= 11 is 0. The molecule has 94 valence electrons. The molecule has 2 heteroatoms. The van der Waals surface area contributed by atoms with Crippen molar-refractivity contribution in [1.82, 2.24) is 10.3 Å². The normalized spacial score (nSPS) is 19.1. The summed E-state index contributed by atoms with van der Waals surface area (Å²) in [6.07, 6.45) is 10.4. The Kier molecular flexibility index (Phi) is 4.99. The minimum absolute atomic E-state index is 0.611. The van der Waals surface area contributed by atoms with Crippen LogP contribution in [0.25, 0.3) is 0 Å². The zero-order valence-corrected chi connectivity index (χ0v) is 10.9. The van der Waals surface area contributed by atoms with Crippen molar-refractivity contribution in [3.63, 3.8) is 0 Å². The van der Waals surface area contributed by atoms with E-state index in [1.807, 2.05) is 12.3 Å². The fourth-order valence-corrected chi connectivity index (χ4v) is 2.79. The Labute approximate surface area is 105 Å². The molecule has 0 saturated heterocycles. The van der Waals surface area contributed by atoms with Crippen LogP contribution in [-0.4, -0.2) is 11.0 Å². The summed E-state index contributed by atoms with van der Waals surface area (Å²) in [5.74, 6) is 0.954. The van der Waals surface area contributed by atoms with Crippen LogP contribution in [0.2, 0.25) is 0 Å². The molecule has 0 radical (unpaired) electrons. The Bertz CT molecular complexity index is 304. The minimum atomic E-state index is 0.611. The second-order valence-corrected chi connectivity index (χ2v) is 5.34. The lowest BCUT2D eigenvalue weighted by molar-refractivity contribution is 0.304. The van der Waals surface area contributed by atoms with Gasteiger partial charge in [0, 0.05) is 18.8 Å². The molecule has 2 rings (SSSR count). The van der Waals surface area contributed by atoms with E-state index in [0.717, 1.165) is 18.2 Å². The molecule has 1 saturated carbocycles. The summed E-state index contributed by atoms with van der Waals surface area (Å²) < 4.78 is 0. The molecule has 1 fully saturated rings. The van der Waals surface area contributed by atoms with E-state index in [1.165, 1.54) is 38.5 Å². The topological polar surface area (TPSA) is 24.9 Å². The molecule has 1 aromatic rings. The van der Waals surface area contributed by atoms with Gasteiger partial charge in [-0.1, -0.05) is 38.2 Å². The predicted octanol–water partition coefficient (Wildman–Crippen LogP) is 3.53. The first kappa shape index (κ1) is 12.6. The van der Waals surface area contributed by atoms with Crippen LogP contribution in [0.1, 0.15) is 51.1 Å². The number of rotatable bonds is 5. The van der Waals surface area contributed by atoms with Crippen LogP contribution in [0, 0.1) is 5.92 Å². The standard InChI is InChI=1S/C15H24N2/c1-13(11-14-7-3-2-4-8-14)17-12-15-9-5-6-10-16-15/h5-6,9-10,13-14,17H,2-4,7-8,11-12H2,1H3. The van der Waals surface area contributed by atoms with Crippen LogP contribution >= 0.6 is 0 Å². The van der Waals surface area contributed by atoms with Crippen molar-refractivity contribution in [3.05, 3.63) is 30.1 Å². The maximum Gasteiger partial charge on any atom is 0.0541 e. The molecule has 0 bridgehead atoms. The third kappa shape index (κ3) is 4.47. The molecule has 0 amide bonds. The molecule has 1 atom stereocenters. The number of nitrogens with one attached hydrogen (secondary N) is 1. The molecule has 1 unspecified atom stereocenters. The van der Waals surface area contributed by atoms with Crippen molar-refractivity contribution in [1.29, 1.82) is 0 Å². The number of hydrogen-bond acceptors (Lipinski definition) is 2. The highest BCUT2D eigenvalue weighted by Gasteiger charge is 2.16. The zero-order chi connectivity index (χ0) is 11.9. The van der Waals surface area contributed by atoms with E-state index in [-0.39, 0.29) is 0 Å². The molecular weight excluding hydrogens is 208 g/mol. The van der Waals surface area contributed by atoms with Crippen LogP contribution in [0.4, 0.5) is 0 Å². The highest BCUT2D eigenvalue weighted by molar-refractivity contribution is 5.03. The minimum Gasteiger partial charge on any atom is -0.309 e. The highest BCUT2D eigenvalue weighted by Crippen LogP contribution is 2.27. The van der Waals surface area contributed by atoms with Crippen molar-refractivity contribution in [3.8, 4) is 0 Å². The Balaban J connectivity index is 1.68. The molecular formula is C15H24N2. The smallest absolute Gasteiger partial charge is 0.0541 e. The SMILES string of the molecule is CC(CC1CCCCC1)NCc1ccccn1. The first-order valence-corrected chi connectivity index (χ1v) is 6.98. The Morgan fingerprint density at radius 2 is 2.12 bits per heavy atom. The molecule has 2 nitrogen and oxygen atoms in total. The summed E-state index contributed by atoms with van der Waals surface area (Å²) in [7, 11) is 0. The van der Waals surface area contributed by atoms with Gasteiger partial charge in [-0.15, -0.1) is 0 Å². The van der Waals surface area contributed by atoms with Gasteiger partial charge in [0.1, 0.15) is 0 Å². The van der Waals surface area contributed by atoms with E-state index < -0.39 is 0 Å². The Morgan fingerprint density at radius 3 is 2.82 bits per heavy atom. The average molecular weight is 232 g/mol. The monoisotopic (exact) mass is 232 g/mol. The molecule has 0 aliphatic heterocycles. The summed E-state index contributed by atoms with van der Waals surface area (Å²) in [5, 5.41) is 3.58. The molecule has 1 heterocycles. The van der Waals surface area contributed by atoms with Crippen molar-refractivity contribution in [2.75, 3.05) is 0 Å². The fraction of sp³-hybridized carbons (Fsp3) is 0.667. The van der Waals surface area contributed by atoms with Gasteiger partial charge in [0.25, 0.3) is 0 Å². The summed E-state index contributed by atoms with van der Waals surface area (Å²) in [4.78, 5) is 4.34. The van der Waals surface area contributed by atoms with Crippen LogP contribution in [-0.2, 0) is 6.54 Å². The first-order chi connectivity index (χ1) is 8.34. The van der Waals surface area contributed by atoms with E-state index in [0.29, 0.717) is 6.04 Å². The van der Waals surface area contributed by atoms with Gasteiger partial charge in [-0.05, 0) is 31.4 Å². The van der Waals surface area contributed by atoms with Gasteiger partial charge in [0.05, 0.1) is 5.69 Å². The average Bonchev–Trinajstić information content (AvgIpc) is 2.39. The van der Waals surface area contributed by atoms with Gasteiger partial charge in [0.15, 0.2) is 0 Å². The lowest BCUT2D eigenvalue weighted by atomic mass is 9.85. The largest absolute Gasteiger partial charge is 0.309 e. The van der Waals surface area contributed by atoms with E-state index in [2.05, 4.69) is 29.4 Å². The first-order valence-electron chi connectivity index (χ1n) is 6.98. The Hall–Kier alpha value is -0.890. The van der Waals surface area contributed by atoms with Gasteiger partial charge in [-0.25, -0.2) is 0 Å². The fourth-order valence-electron chi connectivity index (χ4n) is 2.79. The van der Waals surface area contributed by atoms with Crippen molar-refractivity contribution in [2.45, 2.75) is 58.0 Å². The van der Waals surface area contributed by atoms with Gasteiger partial charge in [-0.2, -0.15) is 0 Å². The highest BCUT2D eigenvalue weighted by atomic mass is 14.9. The van der Waals surface area contributed by atoms with Crippen LogP contribution in [0.3, 0.4) is 0 Å². The Morgan fingerprint density at radius 1 is 1.29 bits per heavy atom. The molecule has 0 spiro atoms. The van der Waals surface area contributed by atoms with Crippen molar-refractivity contribution in [2.24, 2.45) is 5.92 Å². The molecule has 1 aliphatic carbocycles. The van der Waals surface area contributed by atoms with E-state index in [1.54, 1.807) is 0 Å².